The Kier molecular flexibility index (Phi) is 10.4. The molecule has 0 radical (unpaired) electrons. The van der Waals surface area contributed by atoms with Gasteiger partial charge in [-0.05, 0) is 42.3 Å². The van der Waals surface area contributed by atoms with E-state index in [4.69, 9.17) is 11.5 Å². The fourth-order valence-electron chi connectivity index (χ4n) is 3.16. The predicted molar refractivity (Wildman–Crippen MR) is 140 cm³/mol. The molecule has 0 saturated carbocycles. The lowest BCUT2D eigenvalue weighted by molar-refractivity contribution is -0.137. The van der Waals surface area contributed by atoms with Crippen LogP contribution in [0.15, 0.2) is 84.4 Å². The number of hydrogen-bond acceptors (Lipinski definition) is 4. The van der Waals surface area contributed by atoms with Crippen molar-refractivity contribution in [3.8, 4) is 0 Å². The average molecular weight is 484 g/mol. The van der Waals surface area contributed by atoms with Crippen LogP contribution in [-0.2, 0) is 12.7 Å². The van der Waals surface area contributed by atoms with Gasteiger partial charge in [0, 0.05) is 48.3 Å². The van der Waals surface area contributed by atoms with Gasteiger partial charge in [0.25, 0.3) is 0 Å². The third kappa shape index (κ3) is 8.19. The van der Waals surface area contributed by atoms with Crippen molar-refractivity contribution in [1.82, 2.24) is 5.32 Å². The predicted octanol–water partition coefficient (Wildman–Crippen LogP) is 5.89. The Hall–Kier alpha value is -3.78. The minimum Gasteiger partial charge on any atom is -0.398 e. The number of halogens is 3. The summed E-state index contributed by atoms with van der Waals surface area (Å²) in [6, 6.07) is 20.6. The highest BCUT2D eigenvalue weighted by Gasteiger charge is 2.29. The van der Waals surface area contributed by atoms with Gasteiger partial charge in [0.2, 0.25) is 0 Å². The molecule has 0 heterocycles. The van der Waals surface area contributed by atoms with Gasteiger partial charge in [0.05, 0.1) is 5.56 Å². The van der Waals surface area contributed by atoms with Crippen LogP contribution in [0.4, 0.5) is 24.5 Å². The summed E-state index contributed by atoms with van der Waals surface area (Å²) in [5, 5.41) is 6.71. The fourth-order valence-corrected chi connectivity index (χ4v) is 3.16. The van der Waals surface area contributed by atoms with Gasteiger partial charge >= 0.3 is 6.18 Å². The van der Waals surface area contributed by atoms with Gasteiger partial charge in [-0.25, -0.2) is 0 Å². The van der Waals surface area contributed by atoms with Crippen molar-refractivity contribution in [2.45, 2.75) is 26.1 Å². The van der Waals surface area contributed by atoms with E-state index in [1.165, 1.54) is 12.1 Å². The van der Waals surface area contributed by atoms with E-state index >= 15 is 0 Å². The second kappa shape index (κ2) is 13.2. The van der Waals surface area contributed by atoms with Crippen molar-refractivity contribution >= 4 is 22.9 Å². The van der Waals surface area contributed by atoms with E-state index in [1.54, 1.807) is 7.05 Å². The van der Waals surface area contributed by atoms with Crippen LogP contribution in [0.5, 0.6) is 0 Å². The van der Waals surface area contributed by atoms with Crippen LogP contribution in [0.25, 0.3) is 5.70 Å². The number of amidine groups is 1. The summed E-state index contributed by atoms with van der Waals surface area (Å²) in [5.41, 5.74) is 15.8. The number of nitrogen functional groups attached to an aromatic ring is 1. The zero-order valence-electron chi connectivity index (χ0n) is 20.0. The second-order valence-corrected chi connectivity index (χ2v) is 7.63. The molecular weight excluding hydrogens is 451 g/mol. The van der Waals surface area contributed by atoms with Gasteiger partial charge in [-0.3, -0.25) is 4.99 Å². The Balaban J connectivity index is 0.000000303. The number of benzene rings is 3. The number of aliphatic imine (C=N–C) groups is 1. The first-order chi connectivity index (χ1) is 16.7. The molecule has 0 aliphatic carbocycles. The van der Waals surface area contributed by atoms with Crippen LogP contribution < -0.4 is 22.1 Å². The summed E-state index contributed by atoms with van der Waals surface area (Å²) in [7, 11) is 1.74. The summed E-state index contributed by atoms with van der Waals surface area (Å²) >= 11 is 0. The number of nitrogens with one attached hydrogen (secondary N) is 2. The van der Waals surface area contributed by atoms with E-state index in [1.807, 2.05) is 42.5 Å². The number of nitrogens with zero attached hydrogens (tertiary/aromatic N) is 1. The third-order valence-corrected chi connectivity index (χ3v) is 5.04. The molecule has 0 aliphatic heterocycles. The summed E-state index contributed by atoms with van der Waals surface area (Å²) < 4.78 is 36.0. The highest BCUT2D eigenvalue weighted by molar-refractivity contribution is 6.07. The molecule has 0 bridgehead atoms. The minimum atomic E-state index is -4.26. The molecule has 5 nitrogen and oxygen atoms in total. The van der Waals surface area contributed by atoms with E-state index < -0.39 is 11.7 Å². The lowest BCUT2D eigenvalue weighted by Crippen LogP contribution is -2.24. The van der Waals surface area contributed by atoms with Crippen LogP contribution in [0, 0.1) is 0 Å². The molecular formula is C27H32F3N5. The van der Waals surface area contributed by atoms with Crippen molar-refractivity contribution in [3.63, 3.8) is 0 Å². The summed E-state index contributed by atoms with van der Waals surface area (Å²) in [6.07, 6.45) is -3.19. The summed E-state index contributed by atoms with van der Waals surface area (Å²) in [6.45, 7) is 7.49. The van der Waals surface area contributed by atoms with Gasteiger partial charge in [-0.15, -0.1) is 0 Å². The molecule has 3 aromatic rings. The summed E-state index contributed by atoms with van der Waals surface area (Å²) in [4.78, 5) is 4.32. The van der Waals surface area contributed by atoms with Crippen LogP contribution >= 0.6 is 0 Å². The molecule has 3 aromatic carbocycles. The van der Waals surface area contributed by atoms with E-state index in [9.17, 15) is 13.2 Å². The maximum Gasteiger partial charge on any atom is 0.416 e. The number of para-hydroxylation sites is 2. The lowest BCUT2D eigenvalue weighted by atomic mass is 10.1. The molecule has 0 aromatic heterocycles. The molecule has 0 atom stereocenters. The lowest BCUT2D eigenvalue weighted by Gasteiger charge is -2.17. The fraction of sp³-hybridized carbons (Fsp3) is 0.222. The molecule has 6 N–H and O–H groups in total. The Labute approximate surface area is 204 Å². The molecule has 0 saturated heterocycles. The SMILES string of the molecule is C=C(NC(=NC)c1ccccc1N)c1ccccc1NCCC.NCc1ccc(C(F)(F)F)cc1. The van der Waals surface area contributed by atoms with Crippen molar-refractivity contribution in [2.75, 3.05) is 24.6 Å². The molecule has 0 aliphatic rings. The molecule has 186 valence electrons. The van der Waals surface area contributed by atoms with Crippen molar-refractivity contribution in [3.05, 3.63) is 102 Å². The molecule has 0 amide bonds. The van der Waals surface area contributed by atoms with Crippen LogP contribution in [-0.4, -0.2) is 19.4 Å². The Morgan fingerprint density at radius 3 is 2.09 bits per heavy atom. The van der Waals surface area contributed by atoms with Crippen LogP contribution in [0.2, 0.25) is 0 Å². The molecule has 0 spiro atoms. The zero-order valence-corrected chi connectivity index (χ0v) is 20.0. The quantitative estimate of drug-likeness (QED) is 0.192. The number of alkyl halides is 3. The first-order valence-electron chi connectivity index (χ1n) is 11.2. The van der Waals surface area contributed by atoms with E-state index in [2.05, 4.69) is 35.2 Å². The van der Waals surface area contributed by atoms with Gasteiger partial charge < -0.3 is 22.1 Å². The number of hydrogen-bond donors (Lipinski definition) is 4. The number of nitrogens with two attached hydrogens (primary N) is 2. The van der Waals surface area contributed by atoms with Crippen molar-refractivity contribution in [2.24, 2.45) is 10.7 Å². The molecule has 0 unspecified atom stereocenters. The Morgan fingerprint density at radius 2 is 1.54 bits per heavy atom. The summed E-state index contributed by atoms with van der Waals surface area (Å²) in [5.74, 6) is 0.707. The Bertz CT molecular complexity index is 1120. The highest BCUT2D eigenvalue weighted by Crippen LogP contribution is 2.29. The molecule has 35 heavy (non-hydrogen) atoms. The van der Waals surface area contributed by atoms with Gasteiger partial charge in [0.1, 0.15) is 5.84 Å². The van der Waals surface area contributed by atoms with Crippen molar-refractivity contribution in [1.29, 1.82) is 0 Å². The standard InChI is InChI=1S/C19H24N4.C8H8F3N/c1-4-13-22-18-12-8-6-9-15(18)14(2)23-19(21-3)16-10-5-7-11-17(16)20;9-8(10,11)7-3-1-6(5-12)2-4-7/h5-12,22H,2,4,13,20H2,1,3H3,(H,21,23);1-4H,5,12H2. The molecule has 8 heteroatoms. The first-order valence-corrected chi connectivity index (χ1v) is 11.2. The van der Waals surface area contributed by atoms with Gasteiger partial charge in [0.15, 0.2) is 0 Å². The monoisotopic (exact) mass is 483 g/mol. The molecule has 3 rings (SSSR count). The first kappa shape index (κ1) is 27.5. The second-order valence-electron chi connectivity index (χ2n) is 7.63. The van der Waals surface area contributed by atoms with Gasteiger partial charge in [-0.1, -0.05) is 56.0 Å². The van der Waals surface area contributed by atoms with Crippen LogP contribution in [0.3, 0.4) is 0 Å². The largest absolute Gasteiger partial charge is 0.416 e. The van der Waals surface area contributed by atoms with Crippen molar-refractivity contribution < 1.29 is 13.2 Å². The maximum atomic E-state index is 12.0. The average Bonchev–Trinajstić information content (AvgIpc) is 2.86. The smallest absolute Gasteiger partial charge is 0.398 e. The molecule has 0 fully saturated rings. The maximum absolute atomic E-state index is 12.0. The van der Waals surface area contributed by atoms with Crippen LogP contribution in [0.1, 0.15) is 35.6 Å². The number of rotatable bonds is 7. The number of anilines is 2. The topological polar surface area (TPSA) is 88.5 Å². The third-order valence-electron chi connectivity index (χ3n) is 5.04. The van der Waals surface area contributed by atoms with E-state index in [0.29, 0.717) is 17.1 Å². The normalized spacial score (nSPS) is 11.3. The van der Waals surface area contributed by atoms with Gasteiger partial charge in [-0.2, -0.15) is 13.2 Å². The Morgan fingerprint density at radius 1 is 0.943 bits per heavy atom. The van der Waals surface area contributed by atoms with E-state index in [0.717, 1.165) is 47.6 Å². The zero-order chi connectivity index (χ0) is 25.8. The minimum absolute atomic E-state index is 0.262. The van der Waals surface area contributed by atoms with E-state index in [-0.39, 0.29) is 6.54 Å². The highest BCUT2D eigenvalue weighted by atomic mass is 19.4.